The summed E-state index contributed by atoms with van der Waals surface area (Å²) in [6.45, 7) is -0.250. The van der Waals surface area contributed by atoms with Crippen LogP contribution in [0.3, 0.4) is 0 Å². The van der Waals surface area contributed by atoms with Gasteiger partial charge in [0.05, 0.1) is 0 Å². The fourth-order valence-corrected chi connectivity index (χ4v) is 0. The molecule has 0 aliphatic rings. The van der Waals surface area contributed by atoms with Crippen molar-refractivity contribution in [2.24, 2.45) is 0 Å². The van der Waals surface area contributed by atoms with Gasteiger partial charge in [0.1, 0.15) is 0 Å². The second kappa shape index (κ2) is 110. The third kappa shape index (κ3) is 21.6. The number of carbonyl (C=O) groups is 1. The van der Waals surface area contributed by atoms with Crippen molar-refractivity contribution in [1.29, 1.82) is 0 Å². The molecular weight excluding hydrogens is 72.0 g/mol. The molecule has 0 fully saturated rings. The number of aliphatic hydroxyl groups excluding tert-OH is 1. The molecule has 0 aromatic carbocycles. The minimum absolute atomic E-state index is 0.250. The third-order valence-corrected chi connectivity index (χ3v) is 0. The molecule has 3 nitrogen and oxygen atoms in total. The first-order valence-electron chi connectivity index (χ1n) is 0.941. The molecule has 32 valence electrons. The van der Waals surface area contributed by atoms with Crippen LogP contribution in [0.4, 0.5) is 0 Å². The lowest BCUT2D eigenvalue weighted by atomic mass is 11.7. The zero-order valence-electron chi connectivity index (χ0n) is 2.88. The molecule has 0 saturated heterocycles. The molecule has 0 aliphatic heterocycles. The first-order chi connectivity index (χ1) is 2.41. The molecule has 0 unspecified atom stereocenters. The van der Waals surface area contributed by atoms with Crippen molar-refractivity contribution in [3.05, 3.63) is 0 Å². The lowest BCUT2D eigenvalue weighted by Crippen LogP contribution is -1.49. The minimum Gasteiger partial charge on any atom is -0.483 e. The maximum absolute atomic E-state index is 8.36. The van der Waals surface area contributed by atoms with Crippen LogP contribution in [0.2, 0.25) is 0 Å². The first kappa shape index (κ1) is 8.83. The topological polar surface area (TPSA) is 57.5 Å². The van der Waals surface area contributed by atoms with Gasteiger partial charge in [0, 0.05) is 7.11 Å². The minimum atomic E-state index is -0.250. The van der Waals surface area contributed by atoms with Crippen molar-refractivity contribution in [3.8, 4) is 0 Å². The van der Waals surface area contributed by atoms with E-state index >= 15 is 0 Å². The van der Waals surface area contributed by atoms with Crippen LogP contribution in [-0.2, 0) is 4.79 Å². The lowest BCUT2D eigenvalue weighted by Gasteiger charge is -1.34. The highest BCUT2D eigenvalue weighted by Crippen LogP contribution is 0.966. The highest BCUT2D eigenvalue weighted by atomic mass is 16.3. The molecule has 0 aliphatic carbocycles. The zero-order valence-corrected chi connectivity index (χ0v) is 2.88. The highest BCUT2D eigenvalue weighted by Gasteiger charge is 1.22. The van der Waals surface area contributed by atoms with Crippen LogP contribution in [0.15, 0.2) is 0 Å². The summed E-state index contributed by atoms with van der Waals surface area (Å²) in [4.78, 5) is 8.36. The monoisotopic (exact) mass is 78.0 g/mol. The van der Waals surface area contributed by atoms with Gasteiger partial charge in [-0.1, -0.05) is 0 Å². The average molecular weight is 78.1 g/mol. The number of hydrogen-bond donors (Lipinski definition) is 2. The Balaban J connectivity index is 0. The summed E-state index contributed by atoms with van der Waals surface area (Å²) in [7, 11) is 1.00. The van der Waals surface area contributed by atoms with Crippen molar-refractivity contribution >= 4 is 6.47 Å². The second-order valence-electron chi connectivity index (χ2n) is 0.105. The summed E-state index contributed by atoms with van der Waals surface area (Å²) in [5.41, 5.74) is 0. The maximum Gasteiger partial charge on any atom is 0.290 e. The van der Waals surface area contributed by atoms with Crippen LogP contribution in [-0.4, -0.2) is 23.8 Å². The smallest absolute Gasteiger partial charge is 0.290 e. The molecule has 3 heteroatoms. The van der Waals surface area contributed by atoms with E-state index in [1.807, 2.05) is 0 Å². The molecule has 0 amide bonds. The van der Waals surface area contributed by atoms with Crippen LogP contribution in [0, 0.1) is 0 Å². The van der Waals surface area contributed by atoms with Crippen LogP contribution in [0.5, 0.6) is 0 Å². The normalized spacial score (nSPS) is 3.60. The van der Waals surface area contributed by atoms with E-state index in [1.54, 1.807) is 0 Å². The average Bonchev–Trinajstić information content (AvgIpc) is 1.46. The summed E-state index contributed by atoms with van der Waals surface area (Å²) >= 11 is 0. The summed E-state index contributed by atoms with van der Waals surface area (Å²) in [6.07, 6.45) is 0. The predicted molar refractivity (Wildman–Crippen MR) is 16.8 cm³/mol. The van der Waals surface area contributed by atoms with Gasteiger partial charge in [0.15, 0.2) is 0 Å². The number of aliphatic hydroxyl groups is 1. The van der Waals surface area contributed by atoms with E-state index in [-0.39, 0.29) is 6.47 Å². The van der Waals surface area contributed by atoms with Gasteiger partial charge in [0.25, 0.3) is 6.47 Å². The molecule has 0 bridgehead atoms. The molecule has 0 heterocycles. The number of carboxylic acid groups (broad SMARTS) is 1. The van der Waals surface area contributed by atoms with Crippen LogP contribution >= 0.6 is 0 Å². The fraction of sp³-hybridized carbons (Fsp3) is 0.500. The van der Waals surface area contributed by atoms with E-state index < -0.39 is 0 Å². The van der Waals surface area contributed by atoms with Gasteiger partial charge in [-0.25, -0.2) is 0 Å². The largest absolute Gasteiger partial charge is 0.483 e. The highest BCUT2D eigenvalue weighted by molar-refractivity contribution is 5.32. The Hall–Kier alpha value is -0.570. The van der Waals surface area contributed by atoms with Crippen molar-refractivity contribution in [1.82, 2.24) is 0 Å². The van der Waals surface area contributed by atoms with E-state index in [0.29, 0.717) is 0 Å². The Bertz CT molecular complexity index is 12.4. The van der Waals surface area contributed by atoms with E-state index in [9.17, 15) is 0 Å². The summed E-state index contributed by atoms with van der Waals surface area (Å²) < 4.78 is 0. The molecule has 5 heavy (non-hydrogen) atoms. The molecule has 0 atom stereocenters. The van der Waals surface area contributed by atoms with Crippen molar-refractivity contribution in [2.75, 3.05) is 7.11 Å². The molecular formula is C2H6O3. The molecule has 0 spiro atoms. The van der Waals surface area contributed by atoms with Gasteiger partial charge in [-0.3, -0.25) is 4.79 Å². The maximum atomic E-state index is 8.36. The quantitative estimate of drug-likeness (QED) is 0.377. The van der Waals surface area contributed by atoms with Gasteiger partial charge in [-0.15, -0.1) is 0 Å². The predicted octanol–water partition coefficient (Wildman–Crippen LogP) is -0.691. The Morgan fingerprint density at radius 2 is 1.60 bits per heavy atom. The lowest BCUT2D eigenvalue weighted by molar-refractivity contribution is -0.122. The zero-order chi connectivity index (χ0) is 4.71. The van der Waals surface area contributed by atoms with Gasteiger partial charge >= 0.3 is 0 Å². The van der Waals surface area contributed by atoms with Crippen molar-refractivity contribution < 1.29 is 15.0 Å². The van der Waals surface area contributed by atoms with Gasteiger partial charge in [-0.2, -0.15) is 0 Å². The van der Waals surface area contributed by atoms with Crippen molar-refractivity contribution in [3.63, 3.8) is 0 Å². The van der Waals surface area contributed by atoms with Crippen LogP contribution in [0.25, 0.3) is 0 Å². The summed E-state index contributed by atoms with van der Waals surface area (Å²) in [5.74, 6) is 0. The van der Waals surface area contributed by atoms with Crippen LogP contribution in [0.1, 0.15) is 0 Å². The van der Waals surface area contributed by atoms with E-state index in [4.69, 9.17) is 15.0 Å². The fourth-order valence-electron chi connectivity index (χ4n) is 0. The molecule has 0 rings (SSSR count). The Kier molecular flexibility index (Phi) is 193. The number of rotatable bonds is 0. The Morgan fingerprint density at radius 1 is 1.60 bits per heavy atom. The molecule has 0 aromatic rings. The van der Waals surface area contributed by atoms with E-state index in [1.165, 1.54) is 0 Å². The SMILES string of the molecule is CO.O=CO. The third-order valence-electron chi connectivity index (χ3n) is 0. The Morgan fingerprint density at radius 3 is 1.60 bits per heavy atom. The summed E-state index contributed by atoms with van der Waals surface area (Å²) in [5, 5.41) is 13.9. The molecule has 2 N–H and O–H groups in total. The van der Waals surface area contributed by atoms with Gasteiger partial charge in [-0.05, 0) is 0 Å². The first-order valence-corrected chi connectivity index (χ1v) is 0.941. The Labute approximate surface area is 29.9 Å². The van der Waals surface area contributed by atoms with E-state index in [2.05, 4.69) is 0 Å². The second-order valence-corrected chi connectivity index (χ2v) is 0.105. The molecule has 0 aromatic heterocycles. The van der Waals surface area contributed by atoms with Gasteiger partial charge < -0.3 is 10.2 Å². The van der Waals surface area contributed by atoms with Crippen molar-refractivity contribution in [2.45, 2.75) is 0 Å². The van der Waals surface area contributed by atoms with E-state index in [0.717, 1.165) is 7.11 Å². The molecule has 0 radical (unpaired) electrons. The van der Waals surface area contributed by atoms with Gasteiger partial charge in [0.2, 0.25) is 0 Å². The standard InChI is InChI=1S/CH2O2.CH4O/c2-1-3;1-2/h1H,(H,2,3);2H,1H3. The number of hydrogen-bond acceptors (Lipinski definition) is 2. The van der Waals surface area contributed by atoms with Crippen LogP contribution < -0.4 is 0 Å². The molecule has 0 saturated carbocycles. The summed E-state index contributed by atoms with van der Waals surface area (Å²) in [6, 6.07) is 0.